The van der Waals surface area contributed by atoms with Gasteiger partial charge in [-0.15, -0.1) is 0 Å². The number of rotatable bonds is 15. The van der Waals surface area contributed by atoms with Crippen LogP contribution >= 0.6 is 0 Å². The predicted octanol–water partition coefficient (Wildman–Crippen LogP) is 3.32. The van der Waals surface area contributed by atoms with E-state index in [0.29, 0.717) is 32.5 Å². The summed E-state index contributed by atoms with van der Waals surface area (Å²) in [6, 6.07) is 25.1. The zero-order valence-electron chi connectivity index (χ0n) is 22.5. The molecule has 0 radical (unpaired) electrons. The molecule has 2 amide bonds. The van der Waals surface area contributed by atoms with Crippen molar-refractivity contribution in [1.82, 2.24) is 14.9 Å². The summed E-state index contributed by atoms with van der Waals surface area (Å²) >= 11 is 0. The van der Waals surface area contributed by atoms with E-state index in [1.165, 1.54) is 0 Å². The van der Waals surface area contributed by atoms with Crippen LogP contribution in [0.2, 0.25) is 0 Å². The lowest BCUT2D eigenvalue weighted by molar-refractivity contribution is -0.141. The summed E-state index contributed by atoms with van der Waals surface area (Å²) in [4.78, 5) is 28.9. The lowest BCUT2D eigenvalue weighted by Gasteiger charge is -2.31. The van der Waals surface area contributed by atoms with Gasteiger partial charge in [-0.05, 0) is 35.2 Å². The number of nitrogens with zero attached hydrogens (tertiary/aromatic N) is 1. The van der Waals surface area contributed by atoms with Gasteiger partial charge in [-0.1, -0.05) is 79.7 Å². The number of carbonyl (C=O) groups is 2. The maximum atomic E-state index is 13.7. The van der Waals surface area contributed by atoms with Crippen LogP contribution in [0.4, 0.5) is 0 Å². The van der Waals surface area contributed by atoms with Crippen LogP contribution < -0.4 is 10.0 Å². The summed E-state index contributed by atoms with van der Waals surface area (Å²) in [5.74, 6) is -0.399. The Morgan fingerprint density at radius 3 is 2.08 bits per heavy atom. The number of carbonyl (C=O) groups excluding carboxylic acids is 2. The van der Waals surface area contributed by atoms with E-state index in [2.05, 4.69) is 10.0 Å². The van der Waals surface area contributed by atoms with Crippen molar-refractivity contribution in [3.63, 3.8) is 0 Å². The minimum absolute atomic E-state index is 0.161. The first-order valence-corrected chi connectivity index (χ1v) is 14.5. The lowest BCUT2D eigenvalue weighted by Crippen LogP contribution is -2.51. The Bertz CT molecular complexity index is 1280. The van der Waals surface area contributed by atoms with Gasteiger partial charge in [0.2, 0.25) is 21.8 Å². The number of sulfonamides is 1. The van der Waals surface area contributed by atoms with E-state index in [1.807, 2.05) is 60.7 Å². The molecule has 0 aliphatic heterocycles. The Morgan fingerprint density at radius 2 is 1.49 bits per heavy atom. The summed E-state index contributed by atoms with van der Waals surface area (Å²) in [5.41, 5.74) is 2.71. The standard InChI is InChI=1S/C30H37N3O5S/c1-3-32-39(36,37)27-17-14-24(15-18-27)16-19-29(34)33(23-26-12-8-5-9-13-26)28(30(35)31-20-21-38-2)22-25-10-6-4-7-11-25/h4-15,17-18,28,32H,3,16,19-23H2,1-2H3,(H,31,35)/t28-/m0/s1. The Hall–Kier alpha value is -3.53. The van der Waals surface area contributed by atoms with Crippen molar-refractivity contribution in [3.05, 3.63) is 102 Å². The van der Waals surface area contributed by atoms with Crippen molar-refractivity contribution in [2.24, 2.45) is 0 Å². The largest absolute Gasteiger partial charge is 0.383 e. The molecule has 0 fully saturated rings. The minimum Gasteiger partial charge on any atom is -0.383 e. The fourth-order valence-corrected chi connectivity index (χ4v) is 5.27. The minimum atomic E-state index is -3.55. The van der Waals surface area contributed by atoms with E-state index in [-0.39, 0.29) is 29.7 Å². The Labute approximate surface area is 231 Å². The highest BCUT2D eigenvalue weighted by Crippen LogP contribution is 2.18. The molecule has 3 aromatic rings. The topological polar surface area (TPSA) is 105 Å². The quantitative estimate of drug-likeness (QED) is 0.282. The Kier molecular flexibility index (Phi) is 11.7. The molecular weight excluding hydrogens is 514 g/mol. The molecule has 0 aliphatic rings. The maximum Gasteiger partial charge on any atom is 0.243 e. The monoisotopic (exact) mass is 551 g/mol. The molecule has 0 saturated heterocycles. The first-order chi connectivity index (χ1) is 18.8. The Balaban J connectivity index is 1.83. The van der Waals surface area contributed by atoms with Gasteiger partial charge in [0.15, 0.2) is 0 Å². The fourth-order valence-electron chi connectivity index (χ4n) is 4.23. The van der Waals surface area contributed by atoms with Crippen molar-refractivity contribution in [3.8, 4) is 0 Å². The molecule has 0 unspecified atom stereocenters. The number of ether oxygens (including phenoxy) is 1. The first kappa shape index (κ1) is 30.0. The van der Waals surface area contributed by atoms with Crippen LogP contribution in [0.15, 0.2) is 89.8 Å². The van der Waals surface area contributed by atoms with E-state index in [1.54, 1.807) is 43.2 Å². The van der Waals surface area contributed by atoms with E-state index in [9.17, 15) is 18.0 Å². The SMILES string of the molecule is CCNS(=O)(=O)c1ccc(CCC(=O)N(Cc2ccccc2)[C@@H](Cc2ccccc2)C(=O)NCCOC)cc1. The third-order valence-electron chi connectivity index (χ3n) is 6.27. The first-order valence-electron chi connectivity index (χ1n) is 13.1. The molecule has 0 spiro atoms. The molecule has 208 valence electrons. The molecule has 0 bridgehead atoms. The van der Waals surface area contributed by atoms with Crippen molar-refractivity contribution in [1.29, 1.82) is 0 Å². The summed E-state index contributed by atoms with van der Waals surface area (Å²) in [6.07, 6.45) is 0.951. The van der Waals surface area contributed by atoms with Crippen molar-refractivity contribution < 1.29 is 22.7 Å². The second kappa shape index (κ2) is 15.2. The van der Waals surface area contributed by atoms with Crippen LogP contribution in [0.5, 0.6) is 0 Å². The molecule has 3 rings (SSSR count). The summed E-state index contributed by atoms with van der Waals surface area (Å²) in [6.45, 7) is 3.03. The van der Waals surface area contributed by atoms with Crippen molar-refractivity contribution in [2.45, 2.75) is 43.7 Å². The molecular formula is C30H37N3O5S. The van der Waals surface area contributed by atoms with E-state index < -0.39 is 16.1 Å². The predicted molar refractivity (Wildman–Crippen MR) is 151 cm³/mol. The smallest absolute Gasteiger partial charge is 0.243 e. The second-order valence-corrected chi connectivity index (χ2v) is 10.9. The Morgan fingerprint density at radius 1 is 0.872 bits per heavy atom. The normalized spacial score (nSPS) is 12.1. The number of hydrogen-bond acceptors (Lipinski definition) is 5. The molecule has 9 heteroatoms. The third-order valence-corrected chi connectivity index (χ3v) is 7.83. The van der Waals surface area contributed by atoms with Gasteiger partial charge in [0.05, 0.1) is 11.5 Å². The van der Waals surface area contributed by atoms with Crippen LogP contribution in [0.25, 0.3) is 0 Å². The number of nitrogens with one attached hydrogen (secondary N) is 2. The van der Waals surface area contributed by atoms with Gasteiger partial charge in [-0.2, -0.15) is 0 Å². The fraction of sp³-hybridized carbons (Fsp3) is 0.333. The molecule has 0 saturated carbocycles. The van der Waals surface area contributed by atoms with Crippen LogP contribution in [0.3, 0.4) is 0 Å². The second-order valence-electron chi connectivity index (χ2n) is 9.14. The van der Waals surface area contributed by atoms with Crippen LogP contribution in [-0.4, -0.2) is 58.0 Å². The highest BCUT2D eigenvalue weighted by molar-refractivity contribution is 7.89. The maximum absolute atomic E-state index is 13.7. The van der Waals surface area contributed by atoms with Gasteiger partial charge in [-0.25, -0.2) is 13.1 Å². The van der Waals surface area contributed by atoms with Gasteiger partial charge in [-0.3, -0.25) is 9.59 Å². The molecule has 2 N–H and O–H groups in total. The highest BCUT2D eigenvalue weighted by Gasteiger charge is 2.30. The molecule has 3 aromatic carbocycles. The van der Waals surface area contributed by atoms with Gasteiger partial charge in [0, 0.05) is 39.6 Å². The number of amides is 2. The average Bonchev–Trinajstić information content (AvgIpc) is 2.95. The van der Waals surface area contributed by atoms with Gasteiger partial charge < -0.3 is 15.0 Å². The summed E-state index contributed by atoms with van der Waals surface area (Å²) in [7, 11) is -1.97. The highest BCUT2D eigenvalue weighted by atomic mass is 32.2. The van der Waals surface area contributed by atoms with E-state index in [0.717, 1.165) is 16.7 Å². The zero-order chi connectivity index (χ0) is 28.1. The van der Waals surface area contributed by atoms with Crippen LogP contribution in [0.1, 0.15) is 30.0 Å². The van der Waals surface area contributed by atoms with E-state index in [4.69, 9.17) is 4.74 Å². The molecule has 1 atom stereocenters. The van der Waals surface area contributed by atoms with Gasteiger partial charge >= 0.3 is 0 Å². The molecule has 8 nitrogen and oxygen atoms in total. The van der Waals surface area contributed by atoms with Crippen molar-refractivity contribution >= 4 is 21.8 Å². The molecule has 0 aliphatic carbocycles. The van der Waals surface area contributed by atoms with Crippen LogP contribution in [-0.2, 0) is 43.7 Å². The average molecular weight is 552 g/mol. The molecule has 39 heavy (non-hydrogen) atoms. The summed E-state index contributed by atoms with van der Waals surface area (Å²) < 4.78 is 32.0. The zero-order valence-corrected chi connectivity index (χ0v) is 23.3. The number of benzene rings is 3. The molecule has 0 heterocycles. The summed E-state index contributed by atoms with van der Waals surface area (Å²) in [5, 5.41) is 2.91. The van der Waals surface area contributed by atoms with Crippen molar-refractivity contribution in [2.75, 3.05) is 26.8 Å². The van der Waals surface area contributed by atoms with Crippen LogP contribution in [0, 0.1) is 0 Å². The number of hydrogen-bond donors (Lipinski definition) is 2. The number of aryl methyl sites for hydroxylation is 1. The van der Waals surface area contributed by atoms with Gasteiger partial charge in [0.1, 0.15) is 6.04 Å². The number of methoxy groups -OCH3 is 1. The lowest BCUT2D eigenvalue weighted by atomic mass is 10.0. The molecule has 0 aromatic heterocycles. The van der Waals surface area contributed by atoms with Gasteiger partial charge in [0.25, 0.3) is 0 Å². The van der Waals surface area contributed by atoms with E-state index >= 15 is 0 Å². The third kappa shape index (κ3) is 9.31.